The van der Waals surface area contributed by atoms with Gasteiger partial charge in [-0.15, -0.1) is 0 Å². The van der Waals surface area contributed by atoms with E-state index < -0.39 is 12.2 Å². The van der Waals surface area contributed by atoms with Crippen molar-refractivity contribution < 1.29 is 19.4 Å². The van der Waals surface area contributed by atoms with Crippen molar-refractivity contribution in [1.82, 2.24) is 0 Å². The number of nitrogens with two attached hydrogens (primary N) is 1. The maximum absolute atomic E-state index is 10.1. The molecule has 1 amide bonds. The summed E-state index contributed by atoms with van der Waals surface area (Å²) >= 11 is 0. The fraction of sp³-hybridized carbons (Fsp3) is 0.800. The summed E-state index contributed by atoms with van der Waals surface area (Å²) in [7, 11) is 1.44. The first-order chi connectivity index (χ1) is 4.70. The first-order valence-corrected chi connectivity index (χ1v) is 2.76. The second-order valence-corrected chi connectivity index (χ2v) is 1.70. The van der Waals surface area contributed by atoms with E-state index in [9.17, 15) is 4.79 Å². The largest absolute Gasteiger partial charge is 0.441 e. The Hall–Kier alpha value is -0.810. The number of primary amides is 1. The van der Waals surface area contributed by atoms with Crippen molar-refractivity contribution in [2.24, 2.45) is 5.73 Å². The highest BCUT2D eigenvalue weighted by atomic mass is 16.6. The summed E-state index contributed by atoms with van der Waals surface area (Å²) in [6.45, 7) is -0.129. The molecule has 0 spiro atoms. The molecule has 0 radical (unpaired) electrons. The lowest BCUT2D eigenvalue weighted by Gasteiger charge is -2.11. The molecule has 0 rings (SSSR count). The predicted octanol–water partition coefficient (Wildman–Crippen LogP) is -0.911. The van der Waals surface area contributed by atoms with Crippen molar-refractivity contribution in [3.8, 4) is 0 Å². The summed E-state index contributed by atoms with van der Waals surface area (Å²) in [5, 5.41) is 8.49. The normalized spacial score (nSPS) is 12.6. The quantitative estimate of drug-likeness (QED) is 0.542. The van der Waals surface area contributed by atoms with Gasteiger partial charge in [-0.05, 0) is 0 Å². The Morgan fingerprint density at radius 1 is 1.80 bits per heavy atom. The van der Waals surface area contributed by atoms with Gasteiger partial charge < -0.3 is 20.3 Å². The van der Waals surface area contributed by atoms with Gasteiger partial charge in [0.25, 0.3) is 0 Å². The molecule has 0 unspecified atom stereocenters. The summed E-state index contributed by atoms with van der Waals surface area (Å²) in [5.41, 5.74) is 4.67. The Kier molecular flexibility index (Phi) is 4.61. The van der Waals surface area contributed by atoms with Crippen LogP contribution in [0.3, 0.4) is 0 Å². The molecule has 0 aromatic carbocycles. The van der Waals surface area contributed by atoms with E-state index in [1.807, 2.05) is 0 Å². The van der Waals surface area contributed by atoms with Crippen LogP contribution in [0.2, 0.25) is 0 Å². The summed E-state index contributed by atoms with van der Waals surface area (Å²) in [6.07, 6.45) is -1.56. The minimum absolute atomic E-state index is 0.152. The first kappa shape index (κ1) is 9.19. The molecule has 10 heavy (non-hydrogen) atoms. The molecule has 0 aromatic rings. The fourth-order valence-corrected chi connectivity index (χ4v) is 0.474. The van der Waals surface area contributed by atoms with Gasteiger partial charge in [0.1, 0.15) is 6.10 Å². The number of aliphatic hydroxyl groups excluding tert-OH is 1. The molecule has 0 fully saturated rings. The van der Waals surface area contributed by atoms with Crippen LogP contribution in [0.15, 0.2) is 0 Å². The molecular formula is C5H11NO4. The van der Waals surface area contributed by atoms with Crippen LogP contribution < -0.4 is 5.73 Å². The summed E-state index contributed by atoms with van der Waals surface area (Å²) < 4.78 is 9.01. The Balaban J connectivity index is 3.49. The second-order valence-electron chi connectivity index (χ2n) is 1.70. The highest BCUT2D eigenvalue weighted by molar-refractivity contribution is 5.64. The number of hydrogen-bond acceptors (Lipinski definition) is 4. The van der Waals surface area contributed by atoms with Gasteiger partial charge in [0, 0.05) is 7.11 Å². The third-order valence-corrected chi connectivity index (χ3v) is 0.839. The average molecular weight is 149 g/mol. The Bertz CT molecular complexity index is 106. The molecule has 0 aliphatic carbocycles. The van der Waals surface area contributed by atoms with Crippen LogP contribution in [0.25, 0.3) is 0 Å². The Morgan fingerprint density at radius 2 is 2.40 bits per heavy atom. The van der Waals surface area contributed by atoms with Gasteiger partial charge in [0.15, 0.2) is 0 Å². The molecule has 0 heterocycles. The van der Waals surface area contributed by atoms with Gasteiger partial charge in [0.05, 0.1) is 13.2 Å². The average Bonchev–Trinajstić information content (AvgIpc) is 1.86. The smallest absolute Gasteiger partial charge is 0.404 e. The number of hydrogen-bond donors (Lipinski definition) is 2. The molecule has 60 valence electrons. The molecule has 0 aliphatic heterocycles. The highest BCUT2D eigenvalue weighted by Gasteiger charge is 2.09. The number of carbonyl (C=O) groups excluding carboxylic acids is 1. The van der Waals surface area contributed by atoms with Crippen molar-refractivity contribution in [3.05, 3.63) is 0 Å². The van der Waals surface area contributed by atoms with E-state index >= 15 is 0 Å². The lowest BCUT2D eigenvalue weighted by Crippen LogP contribution is -2.29. The summed E-state index contributed by atoms with van der Waals surface area (Å²) in [6, 6.07) is 0. The summed E-state index contributed by atoms with van der Waals surface area (Å²) in [5.74, 6) is 0. The molecule has 0 saturated carbocycles. The van der Waals surface area contributed by atoms with E-state index in [1.54, 1.807) is 0 Å². The van der Waals surface area contributed by atoms with E-state index in [0.29, 0.717) is 0 Å². The van der Waals surface area contributed by atoms with Crippen LogP contribution in [0.4, 0.5) is 4.79 Å². The van der Waals surface area contributed by atoms with E-state index in [-0.39, 0.29) is 13.2 Å². The Labute approximate surface area is 58.7 Å². The van der Waals surface area contributed by atoms with Crippen LogP contribution in [-0.4, -0.2) is 37.6 Å². The molecule has 5 nitrogen and oxygen atoms in total. The molecule has 0 saturated heterocycles. The third-order valence-electron chi connectivity index (χ3n) is 0.839. The molecule has 0 bridgehead atoms. The second kappa shape index (κ2) is 5.01. The van der Waals surface area contributed by atoms with Gasteiger partial charge >= 0.3 is 6.09 Å². The zero-order valence-corrected chi connectivity index (χ0v) is 5.74. The van der Waals surface area contributed by atoms with Crippen molar-refractivity contribution in [2.75, 3.05) is 20.3 Å². The van der Waals surface area contributed by atoms with Crippen molar-refractivity contribution in [3.63, 3.8) is 0 Å². The SMILES string of the molecule is COC[C@@H](CO)OC(N)=O. The van der Waals surface area contributed by atoms with E-state index in [2.05, 4.69) is 15.2 Å². The number of amides is 1. The lowest BCUT2D eigenvalue weighted by molar-refractivity contribution is 0.0117. The van der Waals surface area contributed by atoms with Gasteiger partial charge in [-0.1, -0.05) is 0 Å². The number of methoxy groups -OCH3 is 1. The van der Waals surface area contributed by atoms with Crippen LogP contribution in [0, 0.1) is 0 Å². The molecule has 1 atom stereocenters. The van der Waals surface area contributed by atoms with Gasteiger partial charge in [-0.25, -0.2) is 4.79 Å². The topological polar surface area (TPSA) is 81.8 Å². The monoisotopic (exact) mass is 149 g/mol. The maximum Gasteiger partial charge on any atom is 0.404 e. The molecular weight excluding hydrogens is 138 g/mol. The molecule has 3 N–H and O–H groups in total. The van der Waals surface area contributed by atoms with Crippen LogP contribution >= 0.6 is 0 Å². The van der Waals surface area contributed by atoms with Crippen molar-refractivity contribution in [2.45, 2.75) is 6.10 Å². The van der Waals surface area contributed by atoms with Crippen molar-refractivity contribution >= 4 is 6.09 Å². The van der Waals surface area contributed by atoms with Gasteiger partial charge in [-0.2, -0.15) is 0 Å². The number of rotatable bonds is 4. The Morgan fingerprint density at radius 3 is 2.70 bits per heavy atom. The van der Waals surface area contributed by atoms with Gasteiger partial charge in [0.2, 0.25) is 0 Å². The fourth-order valence-electron chi connectivity index (χ4n) is 0.474. The van der Waals surface area contributed by atoms with E-state index in [0.717, 1.165) is 0 Å². The lowest BCUT2D eigenvalue weighted by atomic mass is 10.4. The van der Waals surface area contributed by atoms with E-state index in [4.69, 9.17) is 5.11 Å². The standard InChI is InChI=1S/C5H11NO4/c1-9-3-4(2-7)10-5(6)8/h4,7H,2-3H2,1H3,(H2,6,8)/t4-/m1/s1. The maximum atomic E-state index is 10.1. The van der Waals surface area contributed by atoms with Crippen LogP contribution in [0.1, 0.15) is 0 Å². The number of carbonyl (C=O) groups is 1. The molecule has 0 aliphatic rings. The number of aliphatic hydroxyl groups is 1. The van der Waals surface area contributed by atoms with E-state index in [1.165, 1.54) is 7.11 Å². The number of ether oxygens (including phenoxy) is 2. The van der Waals surface area contributed by atoms with Gasteiger partial charge in [-0.3, -0.25) is 0 Å². The summed E-state index contributed by atoms with van der Waals surface area (Å²) in [4.78, 5) is 10.1. The minimum Gasteiger partial charge on any atom is -0.441 e. The molecule has 0 aromatic heterocycles. The minimum atomic E-state index is -0.906. The first-order valence-electron chi connectivity index (χ1n) is 2.76. The van der Waals surface area contributed by atoms with Crippen molar-refractivity contribution in [1.29, 1.82) is 0 Å². The molecule has 5 heteroatoms. The predicted molar refractivity (Wildman–Crippen MR) is 33.4 cm³/mol. The highest BCUT2D eigenvalue weighted by Crippen LogP contribution is 1.90. The zero-order chi connectivity index (χ0) is 7.98. The van der Waals surface area contributed by atoms with Crippen LogP contribution in [-0.2, 0) is 9.47 Å². The third kappa shape index (κ3) is 4.11. The van der Waals surface area contributed by atoms with Crippen LogP contribution in [0.5, 0.6) is 0 Å². The zero-order valence-electron chi connectivity index (χ0n) is 5.74.